The average Bonchev–Trinajstić information content (AvgIpc) is 3.25. The number of carboxylic acids is 1. The van der Waals surface area contributed by atoms with Gasteiger partial charge in [-0.05, 0) is 12.1 Å². The van der Waals surface area contributed by atoms with Crippen LogP contribution in [0, 0.1) is 11.8 Å². The number of aliphatic carboxylic acids is 1. The van der Waals surface area contributed by atoms with E-state index in [9.17, 15) is 14.7 Å². The Hall–Kier alpha value is -3.40. The van der Waals surface area contributed by atoms with E-state index in [4.69, 9.17) is 0 Å². The molecule has 5 rings (SSSR count). The van der Waals surface area contributed by atoms with Gasteiger partial charge in [-0.2, -0.15) is 0 Å². The van der Waals surface area contributed by atoms with Crippen LogP contribution in [0.4, 0.5) is 9.52 Å². The Morgan fingerprint density at radius 3 is 2.71 bits per heavy atom. The van der Waals surface area contributed by atoms with Crippen LogP contribution in [-0.4, -0.2) is 50.7 Å². The largest absolute Gasteiger partial charge is 0.478 e. The summed E-state index contributed by atoms with van der Waals surface area (Å²) in [6.07, 6.45) is 4.55. The van der Waals surface area contributed by atoms with E-state index < -0.39 is 35.0 Å². The minimum absolute atomic E-state index is 0.177. The monoisotopic (exact) mass is 439 g/mol. The molecule has 0 aromatic carbocycles. The number of thiazole rings is 1. The highest BCUT2D eigenvalue weighted by Gasteiger charge is 2.47. The van der Waals surface area contributed by atoms with E-state index in [1.54, 1.807) is 24.7 Å². The van der Waals surface area contributed by atoms with Crippen molar-refractivity contribution >= 4 is 34.1 Å². The number of amidine groups is 1. The molecule has 2 aromatic heterocycles. The number of aromatic nitrogens is 2. The smallest absolute Gasteiger partial charge is 0.340 e. The van der Waals surface area contributed by atoms with Crippen molar-refractivity contribution < 1.29 is 19.1 Å². The van der Waals surface area contributed by atoms with Crippen LogP contribution in [0.15, 0.2) is 64.4 Å². The van der Waals surface area contributed by atoms with Crippen molar-refractivity contribution in [3.05, 3.63) is 65.1 Å². The number of aliphatic imine (C=N–C) groups is 1. The lowest BCUT2D eigenvalue weighted by molar-refractivity contribution is -0.135. The lowest BCUT2D eigenvalue weighted by Gasteiger charge is -2.44. The van der Waals surface area contributed by atoms with Gasteiger partial charge < -0.3 is 10.0 Å². The normalized spacial score (nSPS) is 23.9. The van der Waals surface area contributed by atoms with Crippen LogP contribution in [0.2, 0.25) is 0 Å². The van der Waals surface area contributed by atoms with Gasteiger partial charge in [-0.25, -0.2) is 19.2 Å². The van der Waals surface area contributed by atoms with Gasteiger partial charge >= 0.3 is 5.97 Å². The number of likely N-dealkylation sites (tertiary alicyclic amines) is 1. The summed E-state index contributed by atoms with van der Waals surface area (Å²) in [6, 6.07) is 5.72. The summed E-state index contributed by atoms with van der Waals surface area (Å²) in [6.45, 7) is 2.72. The number of fused-ring (bicyclic) bond motifs is 1. The molecule has 0 aliphatic carbocycles. The number of hydrogen-bond donors (Lipinski definition) is 1. The van der Waals surface area contributed by atoms with Crippen molar-refractivity contribution in [3.63, 3.8) is 0 Å². The average molecular weight is 439 g/mol. The first-order valence-corrected chi connectivity index (χ1v) is 10.7. The Bertz CT molecular complexity index is 1140. The molecule has 8 nitrogen and oxygen atoms in total. The summed E-state index contributed by atoms with van der Waals surface area (Å²) >= 11 is 1.28. The lowest BCUT2D eigenvalue weighted by atomic mass is 9.80. The maximum absolute atomic E-state index is 15.3. The van der Waals surface area contributed by atoms with Crippen molar-refractivity contribution in [3.8, 4) is 0 Å². The number of Topliss-reactive ketones (excluding diaryl/α,β-unsaturated/α-hetero) is 1. The molecule has 3 aliphatic heterocycles. The van der Waals surface area contributed by atoms with E-state index in [2.05, 4.69) is 15.0 Å². The molecule has 2 atom stereocenters. The number of halogens is 1. The predicted octanol–water partition coefficient (Wildman–Crippen LogP) is 2.80. The van der Waals surface area contributed by atoms with Gasteiger partial charge in [-0.3, -0.25) is 14.7 Å². The molecule has 158 valence electrons. The molecule has 1 N–H and O–H groups in total. The maximum Gasteiger partial charge on any atom is 0.340 e. The van der Waals surface area contributed by atoms with Crippen LogP contribution >= 0.6 is 11.3 Å². The molecule has 5 heterocycles. The Labute approximate surface area is 181 Å². The number of rotatable bonds is 4. The summed E-state index contributed by atoms with van der Waals surface area (Å²) in [4.78, 5) is 41.0. The quantitative estimate of drug-likeness (QED) is 0.732. The van der Waals surface area contributed by atoms with Crippen molar-refractivity contribution in [2.45, 2.75) is 12.8 Å². The third-order valence-electron chi connectivity index (χ3n) is 5.81. The highest BCUT2D eigenvalue weighted by molar-refractivity contribution is 7.13. The zero-order valence-corrected chi connectivity index (χ0v) is 17.3. The SMILES string of the molecule is CC1C(F)=C(N2CC(c3ccccn3)C2)N=C2C1C(=O)C(C(=O)O)=CN2c1nccs1. The van der Waals surface area contributed by atoms with E-state index in [-0.39, 0.29) is 11.7 Å². The van der Waals surface area contributed by atoms with Gasteiger partial charge in [-0.15, -0.1) is 11.3 Å². The molecule has 10 heteroatoms. The summed E-state index contributed by atoms with van der Waals surface area (Å²) in [5.74, 6) is -3.69. The molecule has 0 amide bonds. The molecule has 0 bridgehead atoms. The van der Waals surface area contributed by atoms with E-state index in [0.29, 0.717) is 24.1 Å². The van der Waals surface area contributed by atoms with E-state index in [1.165, 1.54) is 22.4 Å². The Kier molecular flexibility index (Phi) is 4.66. The standard InChI is InChI=1S/C21H18FN5O3S/c1-11-15-17(28)13(20(29)30)10-27(21-24-6-7-31-21)18(15)25-19(16(11)22)26-8-12(9-26)14-4-2-3-5-23-14/h2-7,10-12,15H,8-9H2,1H3,(H,29,30). The zero-order valence-electron chi connectivity index (χ0n) is 16.5. The first-order chi connectivity index (χ1) is 15.0. The number of anilines is 1. The highest BCUT2D eigenvalue weighted by Crippen LogP contribution is 2.41. The Balaban J connectivity index is 1.51. The number of allylic oxidation sites excluding steroid dienone is 1. The van der Waals surface area contributed by atoms with Crippen molar-refractivity contribution in [1.82, 2.24) is 14.9 Å². The molecule has 0 saturated carbocycles. The number of hydrogen-bond acceptors (Lipinski definition) is 8. The van der Waals surface area contributed by atoms with Crippen LogP contribution in [0.3, 0.4) is 0 Å². The van der Waals surface area contributed by atoms with Crippen LogP contribution in [0.25, 0.3) is 0 Å². The topological polar surface area (TPSA) is 99.0 Å². The van der Waals surface area contributed by atoms with Gasteiger partial charge in [0, 0.05) is 54.6 Å². The number of carboxylic acid groups (broad SMARTS) is 1. The number of ketones is 1. The first-order valence-electron chi connectivity index (χ1n) is 9.78. The summed E-state index contributed by atoms with van der Waals surface area (Å²) < 4.78 is 15.3. The molecular weight excluding hydrogens is 421 g/mol. The van der Waals surface area contributed by atoms with Crippen molar-refractivity contribution in [2.24, 2.45) is 16.8 Å². The fraction of sp³-hybridized carbons (Fsp3) is 0.286. The maximum atomic E-state index is 15.3. The van der Waals surface area contributed by atoms with Crippen molar-refractivity contribution in [2.75, 3.05) is 18.0 Å². The molecule has 0 spiro atoms. The minimum atomic E-state index is -1.35. The van der Waals surface area contributed by atoms with Crippen LogP contribution in [0.5, 0.6) is 0 Å². The van der Waals surface area contributed by atoms with Gasteiger partial charge in [0.15, 0.2) is 16.7 Å². The van der Waals surface area contributed by atoms with Gasteiger partial charge in [0.2, 0.25) is 0 Å². The lowest BCUT2D eigenvalue weighted by Crippen LogP contribution is -2.51. The zero-order chi connectivity index (χ0) is 21.7. The molecule has 1 saturated heterocycles. The predicted molar refractivity (Wildman–Crippen MR) is 112 cm³/mol. The highest BCUT2D eigenvalue weighted by atomic mass is 32.1. The third-order valence-corrected chi connectivity index (χ3v) is 6.58. The Morgan fingerprint density at radius 1 is 1.26 bits per heavy atom. The number of carbonyl (C=O) groups excluding carboxylic acids is 1. The fourth-order valence-corrected chi connectivity index (χ4v) is 4.73. The number of pyridine rings is 1. The van der Waals surface area contributed by atoms with Crippen LogP contribution < -0.4 is 4.90 Å². The summed E-state index contributed by atoms with van der Waals surface area (Å²) in [5.41, 5.74) is 0.543. The Morgan fingerprint density at radius 2 is 2.06 bits per heavy atom. The molecular formula is C21H18FN5O3S. The summed E-state index contributed by atoms with van der Waals surface area (Å²) in [7, 11) is 0. The second-order valence-corrected chi connectivity index (χ2v) is 8.53. The molecule has 3 aliphatic rings. The van der Waals surface area contributed by atoms with Gasteiger partial charge in [-0.1, -0.05) is 13.0 Å². The number of nitrogens with zero attached hydrogens (tertiary/aromatic N) is 5. The van der Waals surface area contributed by atoms with Gasteiger partial charge in [0.25, 0.3) is 0 Å². The van der Waals surface area contributed by atoms with E-state index >= 15 is 4.39 Å². The van der Waals surface area contributed by atoms with Crippen molar-refractivity contribution in [1.29, 1.82) is 0 Å². The van der Waals surface area contributed by atoms with Crippen LogP contribution in [-0.2, 0) is 9.59 Å². The fourth-order valence-electron chi connectivity index (χ4n) is 4.11. The number of carbonyl (C=O) groups is 2. The second kappa shape index (κ2) is 7.38. The first kappa shape index (κ1) is 19.6. The molecule has 0 radical (unpaired) electrons. The van der Waals surface area contributed by atoms with E-state index in [0.717, 1.165) is 5.69 Å². The second-order valence-electron chi connectivity index (χ2n) is 7.66. The van der Waals surface area contributed by atoms with E-state index in [1.807, 2.05) is 23.1 Å². The van der Waals surface area contributed by atoms with Crippen LogP contribution in [0.1, 0.15) is 18.5 Å². The minimum Gasteiger partial charge on any atom is -0.478 e. The molecule has 2 unspecified atom stereocenters. The molecule has 2 aromatic rings. The molecule has 31 heavy (non-hydrogen) atoms. The molecule has 1 fully saturated rings. The van der Waals surface area contributed by atoms with Gasteiger partial charge in [0.1, 0.15) is 17.2 Å². The van der Waals surface area contributed by atoms with Gasteiger partial charge in [0.05, 0.1) is 5.92 Å². The summed E-state index contributed by atoms with van der Waals surface area (Å²) in [5, 5.41) is 11.7. The third kappa shape index (κ3) is 3.14.